The fraction of sp³-hybridized carbons (Fsp3) is 0.0563. The SMILES string of the molecule is CC1(C)c2ccccc2-c2c(N(c3ccc(-c4ccccc4)cc3)c3ccc(-c4cc5c6ccccc6c(=O)n6c7c8c(ccc7c(c4)c56)C4(c5ccccc5-c5ccccc54)c4ccccc4-8)cc3)cccc21. The fourth-order valence-corrected chi connectivity index (χ4v) is 14.0. The lowest BCUT2D eigenvalue weighted by atomic mass is 9.70. The van der Waals surface area contributed by atoms with Crippen LogP contribution in [0.3, 0.4) is 0 Å². The van der Waals surface area contributed by atoms with E-state index >= 15 is 4.79 Å². The number of rotatable bonds is 5. The molecule has 74 heavy (non-hydrogen) atoms. The summed E-state index contributed by atoms with van der Waals surface area (Å²) < 4.78 is 2.06. The van der Waals surface area contributed by atoms with Crippen molar-refractivity contribution < 1.29 is 0 Å². The van der Waals surface area contributed by atoms with Crippen LogP contribution in [0.25, 0.3) is 93.6 Å². The third kappa shape index (κ3) is 5.27. The van der Waals surface area contributed by atoms with Gasteiger partial charge in [-0.15, -0.1) is 0 Å². The highest BCUT2D eigenvalue weighted by atomic mass is 16.1. The molecular formula is C71H46N2O. The molecule has 346 valence electrons. The lowest BCUT2D eigenvalue weighted by Gasteiger charge is -2.30. The van der Waals surface area contributed by atoms with Gasteiger partial charge in [-0.2, -0.15) is 0 Å². The van der Waals surface area contributed by atoms with E-state index in [0.29, 0.717) is 0 Å². The van der Waals surface area contributed by atoms with Crippen molar-refractivity contribution in [1.82, 2.24) is 4.40 Å². The van der Waals surface area contributed by atoms with E-state index in [1.165, 1.54) is 72.3 Å². The van der Waals surface area contributed by atoms with Gasteiger partial charge in [-0.25, -0.2) is 0 Å². The molecule has 3 nitrogen and oxygen atoms in total. The van der Waals surface area contributed by atoms with Gasteiger partial charge in [-0.3, -0.25) is 9.20 Å². The van der Waals surface area contributed by atoms with Gasteiger partial charge >= 0.3 is 0 Å². The van der Waals surface area contributed by atoms with Crippen LogP contribution in [0, 0.1) is 0 Å². The van der Waals surface area contributed by atoms with Crippen molar-refractivity contribution in [1.29, 1.82) is 0 Å². The molecule has 3 aliphatic rings. The second-order valence-corrected chi connectivity index (χ2v) is 21.0. The summed E-state index contributed by atoms with van der Waals surface area (Å²) in [6, 6.07) is 88.7. The molecule has 0 bridgehead atoms. The van der Waals surface area contributed by atoms with Crippen LogP contribution < -0.4 is 10.5 Å². The van der Waals surface area contributed by atoms with Crippen molar-refractivity contribution in [3.8, 4) is 55.6 Å². The van der Waals surface area contributed by atoms with E-state index < -0.39 is 5.41 Å². The molecule has 16 rings (SSSR count). The van der Waals surface area contributed by atoms with Crippen LogP contribution in [0.2, 0.25) is 0 Å². The van der Waals surface area contributed by atoms with Gasteiger partial charge in [0.25, 0.3) is 5.56 Å². The Balaban J connectivity index is 0.911. The van der Waals surface area contributed by atoms with E-state index in [4.69, 9.17) is 0 Å². The minimum atomic E-state index is -0.521. The van der Waals surface area contributed by atoms with Gasteiger partial charge in [-0.05, 0) is 132 Å². The van der Waals surface area contributed by atoms with Crippen molar-refractivity contribution in [3.63, 3.8) is 0 Å². The second-order valence-electron chi connectivity index (χ2n) is 21.0. The molecule has 3 heteroatoms. The highest BCUT2D eigenvalue weighted by Crippen LogP contribution is 2.64. The van der Waals surface area contributed by atoms with Crippen molar-refractivity contribution in [2.24, 2.45) is 0 Å². The van der Waals surface area contributed by atoms with Crippen LogP contribution >= 0.6 is 0 Å². The van der Waals surface area contributed by atoms with Crippen molar-refractivity contribution in [2.75, 3.05) is 4.90 Å². The van der Waals surface area contributed by atoms with Crippen LogP contribution in [-0.2, 0) is 10.8 Å². The second kappa shape index (κ2) is 14.9. The van der Waals surface area contributed by atoms with Gasteiger partial charge in [0.05, 0.1) is 22.1 Å². The van der Waals surface area contributed by atoms with Crippen LogP contribution in [0.15, 0.2) is 247 Å². The number of benzene rings is 11. The average Bonchev–Trinajstić information content (AvgIpc) is 4.29. The van der Waals surface area contributed by atoms with Crippen LogP contribution in [0.1, 0.15) is 47.2 Å². The zero-order chi connectivity index (χ0) is 49.0. The summed E-state index contributed by atoms with van der Waals surface area (Å²) >= 11 is 0. The first kappa shape index (κ1) is 41.3. The van der Waals surface area contributed by atoms with Gasteiger partial charge in [-0.1, -0.05) is 208 Å². The summed E-state index contributed by atoms with van der Waals surface area (Å²) in [5.74, 6) is 0. The molecular weight excluding hydrogens is 897 g/mol. The molecule has 1 spiro atoms. The number of fused-ring (bicyclic) bond motifs is 19. The Morgan fingerprint density at radius 2 is 0.824 bits per heavy atom. The first-order valence-electron chi connectivity index (χ1n) is 25.8. The maximum Gasteiger partial charge on any atom is 0.263 e. The number of aromatic nitrogens is 1. The van der Waals surface area contributed by atoms with E-state index in [9.17, 15) is 0 Å². The predicted molar refractivity (Wildman–Crippen MR) is 307 cm³/mol. The van der Waals surface area contributed by atoms with Gasteiger partial charge < -0.3 is 4.90 Å². The molecule has 0 fully saturated rings. The molecule has 0 amide bonds. The first-order valence-corrected chi connectivity index (χ1v) is 25.8. The zero-order valence-corrected chi connectivity index (χ0v) is 40.9. The molecule has 11 aromatic carbocycles. The Morgan fingerprint density at radius 1 is 0.338 bits per heavy atom. The summed E-state index contributed by atoms with van der Waals surface area (Å²) in [4.78, 5) is 17.7. The first-order chi connectivity index (χ1) is 36.4. The Hall–Kier alpha value is -9.31. The van der Waals surface area contributed by atoms with Crippen molar-refractivity contribution in [2.45, 2.75) is 24.7 Å². The number of pyridine rings is 1. The standard InChI is InChI=1S/C71H46N2O/c1-70(2)58-25-12-10-23-54(58)65-62(70)29-16-30-64(65)72(47-35-31-44(32-36-47)43-17-4-3-5-18-43)48-37-33-45(34-38-48)46-41-56-49-19-6-7-22-53(49)69(74)73-67(56)57(42-46)52-39-40-63-66(68(52)73)55-24-11-15-28-61(55)71(63)59-26-13-8-20-50(59)51-21-9-14-27-60(51)71/h3-42H,1-2H3. The Kier molecular flexibility index (Phi) is 8.31. The molecule has 0 atom stereocenters. The fourth-order valence-electron chi connectivity index (χ4n) is 14.0. The summed E-state index contributed by atoms with van der Waals surface area (Å²) in [6.45, 7) is 4.70. The molecule has 0 N–H and O–H groups in total. The highest BCUT2D eigenvalue weighted by Gasteiger charge is 2.52. The molecule has 0 saturated heterocycles. The van der Waals surface area contributed by atoms with Gasteiger partial charge in [0.15, 0.2) is 0 Å². The van der Waals surface area contributed by atoms with E-state index in [1.807, 2.05) is 12.1 Å². The lowest BCUT2D eigenvalue weighted by molar-refractivity contribution is 0.660. The average molecular weight is 943 g/mol. The largest absolute Gasteiger partial charge is 0.310 e. The molecule has 0 radical (unpaired) electrons. The van der Waals surface area contributed by atoms with Gasteiger partial charge in [0.2, 0.25) is 0 Å². The maximum atomic E-state index is 15.3. The zero-order valence-electron chi connectivity index (χ0n) is 40.9. The number of nitrogens with zero attached hydrogens (tertiary/aromatic N) is 2. The molecule has 0 aliphatic heterocycles. The van der Waals surface area contributed by atoms with E-state index in [0.717, 1.165) is 71.7 Å². The Morgan fingerprint density at radius 3 is 1.47 bits per heavy atom. The number of anilines is 3. The number of hydrogen-bond acceptors (Lipinski definition) is 2. The minimum Gasteiger partial charge on any atom is -0.310 e. The lowest BCUT2D eigenvalue weighted by Crippen LogP contribution is -2.25. The van der Waals surface area contributed by atoms with E-state index in [2.05, 4.69) is 254 Å². The van der Waals surface area contributed by atoms with E-state index in [1.54, 1.807) is 0 Å². The predicted octanol–water partition coefficient (Wildman–Crippen LogP) is 17.7. The van der Waals surface area contributed by atoms with Crippen molar-refractivity contribution in [3.05, 3.63) is 286 Å². The topological polar surface area (TPSA) is 24.7 Å². The molecule has 2 heterocycles. The molecule has 2 aromatic heterocycles. The Labute approximate surface area is 428 Å². The third-order valence-corrected chi connectivity index (χ3v) is 17.2. The van der Waals surface area contributed by atoms with Gasteiger partial charge in [0, 0.05) is 49.5 Å². The molecule has 3 aliphatic carbocycles. The summed E-state index contributed by atoms with van der Waals surface area (Å²) in [5, 5.41) is 4.91. The maximum absolute atomic E-state index is 15.3. The highest BCUT2D eigenvalue weighted by molar-refractivity contribution is 6.24. The third-order valence-electron chi connectivity index (χ3n) is 17.2. The van der Waals surface area contributed by atoms with Crippen LogP contribution in [-0.4, -0.2) is 4.40 Å². The van der Waals surface area contributed by atoms with E-state index in [-0.39, 0.29) is 11.0 Å². The summed E-state index contributed by atoms with van der Waals surface area (Å²) in [6.07, 6.45) is 0. The number of hydrogen-bond donors (Lipinski definition) is 0. The summed E-state index contributed by atoms with van der Waals surface area (Å²) in [5.41, 5.74) is 24.4. The monoisotopic (exact) mass is 942 g/mol. The molecule has 0 saturated carbocycles. The van der Waals surface area contributed by atoms with Gasteiger partial charge in [0.1, 0.15) is 0 Å². The summed E-state index contributed by atoms with van der Waals surface area (Å²) in [7, 11) is 0. The smallest absolute Gasteiger partial charge is 0.263 e. The van der Waals surface area contributed by atoms with Crippen molar-refractivity contribution >= 4 is 55.0 Å². The molecule has 0 unspecified atom stereocenters. The van der Waals surface area contributed by atoms with Crippen LogP contribution in [0.4, 0.5) is 17.1 Å². The van der Waals surface area contributed by atoms with Crippen LogP contribution in [0.5, 0.6) is 0 Å². The molecule has 13 aromatic rings. The normalized spacial score (nSPS) is 14.1. The quantitative estimate of drug-likeness (QED) is 0.161. The minimum absolute atomic E-state index is 0.0135. The Bertz CT molecular complexity index is 4540.